The molecular formula is C27H27NO4. The Hall–Kier alpha value is -2.89. The van der Waals surface area contributed by atoms with Crippen molar-refractivity contribution in [1.29, 1.82) is 0 Å². The van der Waals surface area contributed by atoms with Crippen LogP contribution in [0.4, 0.5) is 0 Å². The van der Waals surface area contributed by atoms with Gasteiger partial charge in [0.05, 0.1) is 0 Å². The molecule has 0 unspecified atom stereocenters. The van der Waals surface area contributed by atoms with Crippen LogP contribution in [0, 0.1) is 5.92 Å². The molecule has 2 heterocycles. The van der Waals surface area contributed by atoms with E-state index in [4.69, 9.17) is 9.47 Å². The van der Waals surface area contributed by atoms with Gasteiger partial charge in [-0.05, 0) is 43.6 Å². The molecule has 0 aromatic heterocycles. The molecule has 0 radical (unpaired) electrons. The molecule has 6 rings (SSSR count). The number of esters is 1. The average Bonchev–Trinajstić information content (AvgIpc) is 3.15. The SMILES string of the molecule is C=C(Cc1ccccc1)C(=O)Oc1ccc2c3c1O[C@H]1[C@@H](O)C=C[C@H]4[C@@H](C2)N(C)CC[C@@]341. The molecule has 5 nitrogen and oxygen atoms in total. The summed E-state index contributed by atoms with van der Waals surface area (Å²) < 4.78 is 12.3. The number of likely N-dealkylation sites (N-methyl/N-ethyl adjacent to an activating group) is 1. The summed E-state index contributed by atoms with van der Waals surface area (Å²) in [4.78, 5) is 15.3. The van der Waals surface area contributed by atoms with Crippen LogP contribution < -0.4 is 9.47 Å². The summed E-state index contributed by atoms with van der Waals surface area (Å²) in [5, 5.41) is 10.8. The van der Waals surface area contributed by atoms with Gasteiger partial charge < -0.3 is 19.5 Å². The highest BCUT2D eigenvalue weighted by molar-refractivity contribution is 5.90. The van der Waals surface area contributed by atoms with Crippen molar-refractivity contribution in [3.05, 3.63) is 83.5 Å². The minimum absolute atomic E-state index is 0.266. The van der Waals surface area contributed by atoms with E-state index in [1.165, 1.54) is 5.56 Å². The maximum absolute atomic E-state index is 12.9. The van der Waals surface area contributed by atoms with Crippen LogP contribution >= 0.6 is 0 Å². The van der Waals surface area contributed by atoms with Crippen LogP contribution in [-0.2, 0) is 23.1 Å². The van der Waals surface area contributed by atoms with Crippen LogP contribution in [0.25, 0.3) is 0 Å². The van der Waals surface area contributed by atoms with Gasteiger partial charge >= 0.3 is 5.97 Å². The van der Waals surface area contributed by atoms with Gasteiger partial charge in [0.25, 0.3) is 0 Å². The fraction of sp³-hybridized carbons (Fsp3) is 0.370. The van der Waals surface area contributed by atoms with E-state index in [9.17, 15) is 9.90 Å². The number of nitrogens with zero attached hydrogens (tertiary/aromatic N) is 1. The van der Waals surface area contributed by atoms with Crippen LogP contribution in [0.2, 0.25) is 0 Å². The van der Waals surface area contributed by atoms with Crippen molar-refractivity contribution in [3.8, 4) is 11.5 Å². The molecule has 5 heteroatoms. The molecule has 0 saturated carbocycles. The molecule has 1 fully saturated rings. The van der Waals surface area contributed by atoms with E-state index in [1.807, 2.05) is 42.5 Å². The average molecular weight is 430 g/mol. The first-order valence-electron chi connectivity index (χ1n) is 11.3. The van der Waals surface area contributed by atoms with Crippen molar-refractivity contribution >= 4 is 5.97 Å². The van der Waals surface area contributed by atoms with Crippen LogP contribution in [-0.4, -0.2) is 47.8 Å². The van der Waals surface area contributed by atoms with Crippen molar-refractivity contribution in [1.82, 2.24) is 4.90 Å². The van der Waals surface area contributed by atoms with Gasteiger partial charge in [0.2, 0.25) is 0 Å². The number of ether oxygens (including phenoxy) is 2. The molecule has 1 N–H and O–H groups in total. The quantitative estimate of drug-likeness (QED) is 0.350. The number of aliphatic hydroxyl groups is 1. The number of aliphatic hydroxyl groups excluding tert-OH is 1. The van der Waals surface area contributed by atoms with Gasteiger partial charge in [-0.25, -0.2) is 4.79 Å². The maximum Gasteiger partial charge on any atom is 0.339 e. The van der Waals surface area contributed by atoms with Gasteiger partial charge in [-0.3, -0.25) is 0 Å². The van der Waals surface area contributed by atoms with Crippen molar-refractivity contribution in [2.24, 2.45) is 5.92 Å². The Bertz CT molecular complexity index is 1140. The Morgan fingerprint density at radius 2 is 2.06 bits per heavy atom. The minimum Gasteiger partial charge on any atom is -0.482 e. The zero-order valence-electron chi connectivity index (χ0n) is 18.2. The predicted octanol–water partition coefficient (Wildman–Crippen LogP) is 3.20. The first kappa shape index (κ1) is 19.8. The summed E-state index contributed by atoms with van der Waals surface area (Å²) in [6.07, 6.45) is 5.31. The summed E-state index contributed by atoms with van der Waals surface area (Å²) >= 11 is 0. The lowest BCUT2D eigenvalue weighted by Crippen LogP contribution is -2.64. The minimum atomic E-state index is -0.676. The highest BCUT2D eigenvalue weighted by Gasteiger charge is 2.64. The fourth-order valence-corrected chi connectivity index (χ4v) is 6.39. The third-order valence-electron chi connectivity index (χ3n) is 7.89. The highest BCUT2D eigenvalue weighted by Crippen LogP contribution is 2.62. The first-order chi connectivity index (χ1) is 15.5. The molecule has 2 aromatic rings. The maximum atomic E-state index is 12.9. The van der Waals surface area contributed by atoms with Crippen molar-refractivity contribution in [2.45, 2.75) is 42.9 Å². The lowest BCUT2D eigenvalue weighted by atomic mass is 9.53. The fourth-order valence-electron chi connectivity index (χ4n) is 6.39. The zero-order chi connectivity index (χ0) is 22.0. The molecule has 2 aliphatic heterocycles. The number of carbonyl (C=O) groups excluding carboxylic acids is 1. The molecule has 1 spiro atoms. The molecular weight excluding hydrogens is 402 g/mol. The zero-order valence-corrected chi connectivity index (χ0v) is 18.2. The van der Waals surface area contributed by atoms with Crippen molar-refractivity contribution < 1.29 is 19.4 Å². The van der Waals surface area contributed by atoms with E-state index in [1.54, 1.807) is 0 Å². The largest absolute Gasteiger partial charge is 0.482 e. The summed E-state index contributed by atoms with van der Waals surface area (Å²) in [5.74, 6) is 0.884. The molecule has 164 valence electrons. The van der Waals surface area contributed by atoms with Gasteiger partial charge in [-0.2, -0.15) is 0 Å². The number of benzene rings is 2. The van der Waals surface area contributed by atoms with Gasteiger partial charge in [0.1, 0.15) is 12.2 Å². The Labute approximate surface area is 188 Å². The molecule has 32 heavy (non-hydrogen) atoms. The number of hydrogen-bond acceptors (Lipinski definition) is 5. The summed E-state index contributed by atoms with van der Waals surface area (Å²) in [5.41, 5.74) is 3.52. The van der Waals surface area contributed by atoms with Gasteiger partial charge in [0.15, 0.2) is 11.5 Å². The van der Waals surface area contributed by atoms with Gasteiger partial charge in [0, 0.05) is 34.9 Å². The molecule has 4 aliphatic rings. The highest BCUT2D eigenvalue weighted by atomic mass is 16.6. The predicted molar refractivity (Wildman–Crippen MR) is 121 cm³/mol. The summed E-state index contributed by atoms with van der Waals surface area (Å²) in [7, 11) is 2.18. The van der Waals surface area contributed by atoms with E-state index in [2.05, 4.69) is 30.7 Å². The smallest absolute Gasteiger partial charge is 0.339 e. The number of likely N-dealkylation sites (tertiary alicyclic amines) is 1. The second kappa shape index (κ2) is 7.06. The molecule has 2 bridgehead atoms. The Morgan fingerprint density at radius 1 is 1.25 bits per heavy atom. The molecule has 1 saturated heterocycles. The Balaban J connectivity index is 1.36. The number of carbonyl (C=O) groups is 1. The van der Waals surface area contributed by atoms with Crippen LogP contribution in [0.1, 0.15) is 23.1 Å². The van der Waals surface area contributed by atoms with E-state index in [0.717, 1.165) is 30.5 Å². The molecule has 0 amide bonds. The summed E-state index contributed by atoms with van der Waals surface area (Å²) in [6, 6.07) is 14.1. The normalized spacial score (nSPS) is 31.6. The van der Waals surface area contributed by atoms with Crippen LogP contribution in [0.3, 0.4) is 0 Å². The van der Waals surface area contributed by atoms with E-state index in [0.29, 0.717) is 29.5 Å². The van der Waals surface area contributed by atoms with Crippen LogP contribution in [0.15, 0.2) is 66.8 Å². The van der Waals surface area contributed by atoms with E-state index < -0.39 is 12.1 Å². The monoisotopic (exact) mass is 429 g/mol. The lowest BCUT2D eigenvalue weighted by molar-refractivity contribution is -0.130. The van der Waals surface area contributed by atoms with Crippen molar-refractivity contribution in [3.63, 3.8) is 0 Å². The van der Waals surface area contributed by atoms with Gasteiger partial charge in [-0.1, -0.05) is 55.1 Å². The van der Waals surface area contributed by atoms with E-state index >= 15 is 0 Å². The van der Waals surface area contributed by atoms with Crippen molar-refractivity contribution in [2.75, 3.05) is 13.6 Å². The Kier molecular flexibility index (Phi) is 4.36. The molecule has 5 atom stereocenters. The molecule has 2 aliphatic carbocycles. The number of hydrogen-bond donors (Lipinski definition) is 1. The second-order valence-electron chi connectivity index (χ2n) is 9.56. The summed E-state index contributed by atoms with van der Waals surface area (Å²) in [6.45, 7) is 4.91. The first-order valence-corrected chi connectivity index (χ1v) is 11.3. The Morgan fingerprint density at radius 3 is 2.88 bits per heavy atom. The standard InChI is InChI=1S/C27H27NO4/c1-16(14-17-6-4-3-5-7-17)26(30)31-22-11-8-18-15-20-19-9-10-21(29)25-27(19,12-13-28(20)2)23(18)24(22)32-25/h3-11,19-21,25,29H,1,12-15H2,2H3/t19-,20+,21-,25-,27-/m0/s1. The van der Waals surface area contributed by atoms with Crippen LogP contribution in [0.5, 0.6) is 11.5 Å². The second-order valence-corrected chi connectivity index (χ2v) is 9.56. The van der Waals surface area contributed by atoms with Gasteiger partial charge in [-0.15, -0.1) is 0 Å². The number of piperidine rings is 1. The lowest BCUT2D eigenvalue weighted by Gasteiger charge is -2.56. The third kappa shape index (κ3) is 2.68. The topological polar surface area (TPSA) is 59.0 Å². The van der Waals surface area contributed by atoms with E-state index in [-0.39, 0.29) is 17.4 Å². The molecule has 2 aromatic carbocycles. The third-order valence-corrected chi connectivity index (χ3v) is 7.89. The number of rotatable bonds is 4.